The van der Waals surface area contributed by atoms with Crippen LogP contribution in [-0.4, -0.2) is 59.8 Å². The van der Waals surface area contributed by atoms with Gasteiger partial charge in [0.1, 0.15) is 17.5 Å². The third kappa shape index (κ3) is 6.44. The van der Waals surface area contributed by atoms with E-state index in [-0.39, 0.29) is 60.5 Å². The molecule has 7 nitrogen and oxygen atoms in total. The molecule has 0 radical (unpaired) electrons. The van der Waals surface area contributed by atoms with Crippen LogP contribution >= 0.6 is 0 Å². The van der Waals surface area contributed by atoms with Crippen molar-refractivity contribution in [3.05, 3.63) is 58.9 Å². The number of likely N-dealkylation sites (tertiary alicyclic amines) is 1. The molecule has 0 aromatic heterocycles. The number of amides is 2. The molecule has 1 saturated carbocycles. The van der Waals surface area contributed by atoms with Gasteiger partial charge in [0.25, 0.3) is 0 Å². The fraction of sp³-hybridized carbons (Fsp3) is 0.533. The first-order chi connectivity index (χ1) is 19.0. The molecule has 2 amide bonds. The number of carbonyl (C=O) groups excluding carboxylic acids is 1. The van der Waals surface area contributed by atoms with Crippen LogP contribution in [0.15, 0.2) is 30.3 Å². The lowest BCUT2D eigenvalue weighted by molar-refractivity contribution is -0.141. The number of rotatable bonds is 9. The van der Waals surface area contributed by atoms with Crippen molar-refractivity contribution in [2.24, 2.45) is 11.8 Å². The fourth-order valence-corrected chi connectivity index (χ4v) is 6.42. The summed E-state index contributed by atoms with van der Waals surface area (Å²) in [4.78, 5) is 26.2. The maximum atomic E-state index is 15.5. The zero-order chi connectivity index (χ0) is 29.0. The topological polar surface area (TPSA) is 102 Å². The Bertz CT molecular complexity index is 1240. The summed E-state index contributed by atoms with van der Waals surface area (Å²) in [6.45, 7) is 2.42. The molecule has 0 unspecified atom stereocenters. The molecule has 1 aliphatic heterocycles. The van der Waals surface area contributed by atoms with Crippen molar-refractivity contribution < 1.29 is 33.0 Å². The predicted octanol–water partition coefficient (Wildman–Crippen LogP) is 4.94. The monoisotopic (exact) mass is 561 g/mol. The largest absolute Gasteiger partial charge is 0.465 e. The minimum Gasteiger partial charge on any atom is -0.465 e. The van der Waals surface area contributed by atoms with Crippen molar-refractivity contribution >= 4 is 12.0 Å². The lowest BCUT2D eigenvalue weighted by Gasteiger charge is -2.44. The number of carboxylic acid groups (broad SMARTS) is 1. The normalized spacial score (nSPS) is 22.6. The van der Waals surface area contributed by atoms with Gasteiger partial charge in [-0.1, -0.05) is 11.6 Å². The van der Waals surface area contributed by atoms with Crippen molar-refractivity contribution in [2.45, 2.75) is 63.5 Å². The van der Waals surface area contributed by atoms with E-state index in [0.29, 0.717) is 31.0 Å². The van der Waals surface area contributed by atoms with Crippen molar-refractivity contribution in [3.63, 3.8) is 0 Å². The SMILES string of the molecule is CN[C@H]1CC[C@@H](C(=O)N2CCC[C@@H]([C@@](O)(CCCNC(=O)O)c3cc(F)cc(F)c3-c3cc(C)ccc3F)C2)C1. The third-order valence-electron chi connectivity index (χ3n) is 8.52. The molecule has 10 heteroatoms. The molecule has 4 rings (SSSR count). The van der Waals surface area contributed by atoms with Gasteiger partial charge < -0.3 is 25.7 Å². The molecule has 4 N–H and O–H groups in total. The van der Waals surface area contributed by atoms with Crippen LogP contribution in [-0.2, 0) is 10.4 Å². The summed E-state index contributed by atoms with van der Waals surface area (Å²) >= 11 is 0. The van der Waals surface area contributed by atoms with Crippen molar-refractivity contribution in [2.75, 3.05) is 26.7 Å². The first kappa shape index (κ1) is 29.9. The van der Waals surface area contributed by atoms with E-state index in [2.05, 4.69) is 10.6 Å². The van der Waals surface area contributed by atoms with Crippen LogP contribution in [0.4, 0.5) is 18.0 Å². The van der Waals surface area contributed by atoms with E-state index >= 15 is 8.78 Å². The summed E-state index contributed by atoms with van der Waals surface area (Å²) in [5.41, 5.74) is -1.63. The summed E-state index contributed by atoms with van der Waals surface area (Å²) in [5.74, 6) is -3.37. The number of aliphatic hydroxyl groups is 1. The minimum atomic E-state index is -1.86. The van der Waals surface area contributed by atoms with Gasteiger partial charge in [-0.05, 0) is 82.7 Å². The molecule has 0 spiro atoms. The van der Waals surface area contributed by atoms with E-state index in [4.69, 9.17) is 5.11 Å². The summed E-state index contributed by atoms with van der Waals surface area (Å²) < 4.78 is 45.3. The molecular weight excluding hydrogens is 523 g/mol. The number of piperidine rings is 1. The molecule has 1 aliphatic carbocycles. The van der Waals surface area contributed by atoms with Gasteiger partial charge in [-0.3, -0.25) is 4.79 Å². The van der Waals surface area contributed by atoms with Crippen LogP contribution in [0.5, 0.6) is 0 Å². The van der Waals surface area contributed by atoms with Gasteiger partial charge in [-0.2, -0.15) is 0 Å². The Hall–Kier alpha value is -3.11. The summed E-state index contributed by atoms with van der Waals surface area (Å²) in [6.07, 6.45) is 2.34. The maximum Gasteiger partial charge on any atom is 0.404 e. The highest BCUT2D eigenvalue weighted by Gasteiger charge is 2.44. The Morgan fingerprint density at radius 3 is 2.58 bits per heavy atom. The second-order valence-corrected chi connectivity index (χ2v) is 11.2. The third-order valence-corrected chi connectivity index (χ3v) is 8.52. The molecule has 40 heavy (non-hydrogen) atoms. The molecule has 1 heterocycles. The number of hydrogen-bond donors (Lipinski definition) is 4. The maximum absolute atomic E-state index is 15.5. The van der Waals surface area contributed by atoms with Crippen LogP contribution in [0, 0.1) is 36.2 Å². The summed E-state index contributed by atoms with van der Waals surface area (Å²) in [6, 6.07) is 6.18. The van der Waals surface area contributed by atoms with E-state index in [9.17, 15) is 19.1 Å². The van der Waals surface area contributed by atoms with Crippen LogP contribution in [0.25, 0.3) is 11.1 Å². The highest BCUT2D eigenvalue weighted by Crippen LogP contribution is 2.45. The van der Waals surface area contributed by atoms with Gasteiger partial charge in [0.05, 0.1) is 5.60 Å². The Balaban J connectivity index is 1.74. The fourth-order valence-electron chi connectivity index (χ4n) is 6.42. The quantitative estimate of drug-likeness (QED) is 0.325. The van der Waals surface area contributed by atoms with Gasteiger partial charge in [0.15, 0.2) is 0 Å². The molecule has 4 atom stereocenters. The minimum absolute atomic E-state index is 0.00637. The van der Waals surface area contributed by atoms with Gasteiger partial charge in [-0.25, -0.2) is 18.0 Å². The highest BCUT2D eigenvalue weighted by molar-refractivity contribution is 5.79. The van der Waals surface area contributed by atoms with E-state index in [1.54, 1.807) is 11.8 Å². The van der Waals surface area contributed by atoms with Gasteiger partial charge in [0, 0.05) is 54.7 Å². The van der Waals surface area contributed by atoms with Crippen LogP contribution < -0.4 is 10.6 Å². The first-order valence-electron chi connectivity index (χ1n) is 13.9. The van der Waals surface area contributed by atoms with Crippen LogP contribution in [0.2, 0.25) is 0 Å². The molecule has 218 valence electrons. The van der Waals surface area contributed by atoms with E-state index in [1.807, 2.05) is 7.05 Å². The predicted molar refractivity (Wildman–Crippen MR) is 145 cm³/mol. The zero-order valence-electron chi connectivity index (χ0n) is 23.0. The Kier molecular flexibility index (Phi) is 9.41. The number of nitrogens with zero attached hydrogens (tertiary/aromatic N) is 1. The van der Waals surface area contributed by atoms with Crippen molar-refractivity contribution in [1.29, 1.82) is 0 Å². The molecule has 2 fully saturated rings. The number of benzene rings is 2. The smallest absolute Gasteiger partial charge is 0.404 e. The Morgan fingerprint density at radius 2 is 1.88 bits per heavy atom. The molecule has 2 aliphatic rings. The average molecular weight is 562 g/mol. The van der Waals surface area contributed by atoms with Gasteiger partial charge in [0.2, 0.25) is 5.91 Å². The number of aryl methyl sites for hydroxylation is 1. The van der Waals surface area contributed by atoms with Gasteiger partial charge in [-0.15, -0.1) is 0 Å². The zero-order valence-corrected chi connectivity index (χ0v) is 23.0. The van der Waals surface area contributed by atoms with Crippen LogP contribution in [0.3, 0.4) is 0 Å². The standard InChI is InChI=1S/C30H38F3N3O4/c1-18-6-9-25(32)23(13-18)27-24(15-21(31)16-26(27)33)30(40,10-4-11-35-29(38)39)20-5-3-12-36(17-20)28(37)19-7-8-22(14-19)34-2/h6,9,13,15-16,19-20,22,34-35,40H,3-5,7-8,10-12,14,17H2,1-2H3,(H,38,39)/t19-,20-,22+,30+/m1/s1. The molecule has 2 aromatic carbocycles. The Labute approximate surface area is 232 Å². The lowest BCUT2D eigenvalue weighted by atomic mass is 9.71. The Morgan fingerprint density at radius 1 is 1.10 bits per heavy atom. The summed E-state index contributed by atoms with van der Waals surface area (Å²) in [7, 11) is 1.88. The molecule has 2 aromatic rings. The number of halogens is 3. The van der Waals surface area contributed by atoms with E-state index in [1.165, 1.54) is 18.2 Å². The second-order valence-electron chi connectivity index (χ2n) is 11.2. The van der Waals surface area contributed by atoms with E-state index < -0.39 is 35.1 Å². The molecular formula is C30H38F3N3O4. The van der Waals surface area contributed by atoms with E-state index in [0.717, 1.165) is 25.3 Å². The van der Waals surface area contributed by atoms with Gasteiger partial charge >= 0.3 is 6.09 Å². The lowest BCUT2D eigenvalue weighted by Crippen LogP contribution is -2.50. The number of hydrogen-bond acceptors (Lipinski definition) is 4. The van der Waals surface area contributed by atoms with Crippen molar-refractivity contribution in [1.82, 2.24) is 15.5 Å². The number of nitrogens with one attached hydrogen (secondary N) is 2. The molecule has 0 bridgehead atoms. The van der Waals surface area contributed by atoms with Crippen molar-refractivity contribution in [3.8, 4) is 11.1 Å². The summed E-state index contributed by atoms with van der Waals surface area (Å²) in [5, 5.41) is 26.9. The molecule has 1 saturated heterocycles. The first-order valence-corrected chi connectivity index (χ1v) is 13.9. The average Bonchev–Trinajstić information content (AvgIpc) is 3.41. The highest BCUT2D eigenvalue weighted by atomic mass is 19.1. The number of carbonyl (C=O) groups is 2. The second kappa shape index (κ2) is 12.6. The van der Waals surface area contributed by atoms with Crippen LogP contribution in [0.1, 0.15) is 56.1 Å².